The van der Waals surface area contributed by atoms with Crippen molar-refractivity contribution >= 4 is 15.9 Å². The number of rotatable bonds is 3. The zero-order valence-electron chi connectivity index (χ0n) is 12.8. The lowest BCUT2D eigenvalue weighted by Crippen LogP contribution is -1.99. The van der Waals surface area contributed by atoms with Crippen LogP contribution in [0.15, 0.2) is 89.4 Å². The Hall–Kier alpha value is -2.72. The molecule has 0 aliphatic rings. The molecule has 4 rings (SSSR count). The van der Waals surface area contributed by atoms with Crippen molar-refractivity contribution in [3.05, 3.63) is 89.4 Å². The van der Waals surface area contributed by atoms with Gasteiger partial charge in [0, 0.05) is 15.6 Å². The summed E-state index contributed by atoms with van der Waals surface area (Å²) >= 11 is 3.53. The molecule has 0 aliphatic heterocycles. The number of hydrogen-bond acceptors (Lipinski definition) is 2. The number of nitrogens with zero attached hydrogens (tertiary/aromatic N) is 3. The van der Waals surface area contributed by atoms with Gasteiger partial charge in [-0.2, -0.15) is 0 Å². The lowest BCUT2D eigenvalue weighted by atomic mass is 10.2. The molecule has 3 nitrogen and oxygen atoms in total. The summed E-state index contributed by atoms with van der Waals surface area (Å²) in [5.41, 5.74) is 3.01. The van der Waals surface area contributed by atoms with E-state index in [2.05, 4.69) is 22.0 Å². The van der Waals surface area contributed by atoms with Crippen molar-refractivity contribution in [2.45, 2.75) is 0 Å². The van der Waals surface area contributed by atoms with Gasteiger partial charge in [0.15, 0.2) is 11.6 Å². The molecule has 116 valence electrons. The Labute approximate surface area is 148 Å². The standard InChI is InChI=1S/C20H14BrN3/c21-17-11-7-10-16(14-17)20-22-19(15-8-3-1-4-9-15)23-24(20)18-12-5-2-6-13-18/h1-14H. The number of benzene rings is 3. The Bertz CT molecular complexity index is 963. The Morgan fingerprint density at radius 1 is 0.708 bits per heavy atom. The van der Waals surface area contributed by atoms with E-state index in [1.807, 2.05) is 83.5 Å². The van der Waals surface area contributed by atoms with Crippen LogP contribution >= 0.6 is 15.9 Å². The van der Waals surface area contributed by atoms with E-state index in [0.29, 0.717) is 0 Å². The highest BCUT2D eigenvalue weighted by atomic mass is 79.9. The highest BCUT2D eigenvalue weighted by Gasteiger charge is 2.14. The van der Waals surface area contributed by atoms with E-state index in [0.717, 1.165) is 32.9 Å². The highest BCUT2D eigenvalue weighted by Crippen LogP contribution is 2.27. The first-order valence-electron chi connectivity index (χ1n) is 7.65. The third kappa shape index (κ3) is 2.88. The Morgan fingerprint density at radius 3 is 2.08 bits per heavy atom. The molecule has 0 aliphatic carbocycles. The normalized spacial score (nSPS) is 10.7. The van der Waals surface area contributed by atoms with Crippen LogP contribution in [0.2, 0.25) is 0 Å². The fourth-order valence-electron chi connectivity index (χ4n) is 2.59. The van der Waals surface area contributed by atoms with Crippen LogP contribution in [0.1, 0.15) is 0 Å². The molecular formula is C20H14BrN3. The summed E-state index contributed by atoms with van der Waals surface area (Å²) < 4.78 is 2.91. The number of hydrogen-bond donors (Lipinski definition) is 0. The minimum Gasteiger partial charge on any atom is -0.213 e. The summed E-state index contributed by atoms with van der Waals surface area (Å²) in [5, 5.41) is 4.75. The van der Waals surface area contributed by atoms with Crippen molar-refractivity contribution in [1.82, 2.24) is 14.8 Å². The molecule has 1 aromatic heterocycles. The quantitative estimate of drug-likeness (QED) is 0.482. The van der Waals surface area contributed by atoms with Crippen molar-refractivity contribution in [3.63, 3.8) is 0 Å². The van der Waals surface area contributed by atoms with Crippen LogP contribution in [0, 0.1) is 0 Å². The molecule has 3 aromatic carbocycles. The largest absolute Gasteiger partial charge is 0.213 e. The van der Waals surface area contributed by atoms with Gasteiger partial charge in [-0.25, -0.2) is 9.67 Å². The van der Waals surface area contributed by atoms with E-state index in [4.69, 9.17) is 10.1 Å². The molecule has 0 spiro atoms. The van der Waals surface area contributed by atoms with Crippen molar-refractivity contribution < 1.29 is 0 Å². The molecule has 0 amide bonds. The summed E-state index contributed by atoms with van der Waals surface area (Å²) in [7, 11) is 0. The second-order valence-electron chi connectivity index (χ2n) is 5.38. The van der Waals surface area contributed by atoms with Crippen LogP contribution in [-0.4, -0.2) is 14.8 Å². The first-order chi connectivity index (χ1) is 11.8. The molecule has 0 saturated heterocycles. The van der Waals surface area contributed by atoms with Gasteiger partial charge in [-0.1, -0.05) is 76.6 Å². The molecule has 0 atom stereocenters. The van der Waals surface area contributed by atoms with Gasteiger partial charge < -0.3 is 0 Å². The van der Waals surface area contributed by atoms with Gasteiger partial charge in [-0.15, -0.1) is 5.10 Å². The van der Waals surface area contributed by atoms with E-state index < -0.39 is 0 Å². The molecule has 0 bridgehead atoms. The van der Waals surface area contributed by atoms with Gasteiger partial charge in [0.2, 0.25) is 0 Å². The van der Waals surface area contributed by atoms with Crippen LogP contribution < -0.4 is 0 Å². The summed E-state index contributed by atoms with van der Waals surface area (Å²) in [6, 6.07) is 28.2. The maximum atomic E-state index is 4.80. The molecule has 4 heteroatoms. The minimum atomic E-state index is 0.717. The smallest absolute Gasteiger partial charge is 0.182 e. The molecule has 0 unspecified atom stereocenters. The first-order valence-corrected chi connectivity index (χ1v) is 8.44. The number of halogens is 1. The predicted molar refractivity (Wildman–Crippen MR) is 99.9 cm³/mol. The fourth-order valence-corrected chi connectivity index (χ4v) is 2.98. The number of para-hydroxylation sites is 1. The average molecular weight is 376 g/mol. The van der Waals surface area contributed by atoms with Crippen LogP contribution in [0.4, 0.5) is 0 Å². The monoisotopic (exact) mass is 375 g/mol. The van der Waals surface area contributed by atoms with E-state index in [1.165, 1.54) is 0 Å². The SMILES string of the molecule is Brc1cccc(-c2nc(-c3ccccc3)nn2-c2ccccc2)c1. The third-order valence-corrected chi connectivity index (χ3v) is 4.22. The van der Waals surface area contributed by atoms with E-state index >= 15 is 0 Å². The summed E-state index contributed by atoms with van der Waals surface area (Å²) in [4.78, 5) is 4.80. The van der Waals surface area contributed by atoms with Crippen molar-refractivity contribution in [1.29, 1.82) is 0 Å². The summed E-state index contributed by atoms with van der Waals surface area (Å²) in [6.45, 7) is 0. The lowest BCUT2D eigenvalue weighted by Gasteiger charge is -2.05. The van der Waals surface area contributed by atoms with Crippen LogP contribution in [0.3, 0.4) is 0 Å². The second-order valence-corrected chi connectivity index (χ2v) is 6.30. The fraction of sp³-hybridized carbons (Fsp3) is 0. The van der Waals surface area contributed by atoms with Gasteiger partial charge in [0.05, 0.1) is 5.69 Å². The minimum absolute atomic E-state index is 0.717. The van der Waals surface area contributed by atoms with Crippen LogP contribution in [-0.2, 0) is 0 Å². The maximum Gasteiger partial charge on any atom is 0.182 e. The van der Waals surface area contributed by atoms with Crippen LogP contribution in [0.25, 0.3) is 28.5 Å². The third-order valence-electron chi connectivity index (χ3n) is 3.72. The Kier molecular flexibility index (Phi) is 3.97. The molecule has 0 radical (unpaired) electrons. The van der Waals surface area contributed by atoms with Gasteiger partial charge in [-0.3, -0.25) is 0 Å². The van der Waals surface area contributed by atoms with Crippen molar-refractivity contribution in [2.75, 3.05) is 0 Å². The molecule has 1 heterocycles. The number of aromatic nitrogens is 3. The average Bonchev–Trinajstić information content (AvgIpc) is 3.09. The van der Waals surface area contributed by atoms with Gasteiger partial charge >= 0.3 is 0 Å². The Balaban J connectivity index is 1.92. The second kappa shape index (κ2) is 6.42. The van der Waals surface area contributed by atoms with Crippen LogP contribution in [0.5, 0.6) is 0 Å². The highest BCUT2D eigenvalue weighted by molar-refractivity contribution is 9.10. The van der Waals surface area contributed by atoms with E-state index in [9.17, 15) is 0 Å². The molecule has 0 fully saturated rings. The van der Waals surface area contributed by atoms with Gasteiger partial charge in [0.25, 0.3) is 0 Å². The van der Waals surface area contributed by atoms with Crippen molar-refractivity contribution in [3.8, 4) is 28.5 Å². The van der Waals surface area contributed by atoms with E-state index in [-0.39, 0.29) is 0 Å². The Morgan fingerprint density at radius 2 is 1.38 bits per heavy atom. The first kappa shape index (κ1) is 14.8. The van der Waals surface area contributed by atoms with E-state index in [1.54, 1.807) is 0 Å². The molecule has 24 heavy (non-hydrogen) atoms. The molecule has 0 saturated carbocycles. The molecule has 0 N–H and O–H groups in total. The van der Waals surface area contributed by atoms with Crippen molar-refractivity contribution in [2.24, 2.45) is 0 Å². The zero-order valence-corrected chi connectivity index (χ0v) is 14.4. The summed E-state index contributed by atoms with van der Waals surface area (Å²) in [6.07, 6.45) is 0. The zero-order chi connectivity index (χ0) is 16.4. The maximum absolute atomic E-state index is 4.80. The van der Waals surface area contributed by atoms with Gasteiger partial charge in [-0.05, 0) is 24.3 Å². The topological polar surface area (TPSA) is 30.7 Å². The summed E-state index contributed by atoms with van der Waals surface area (Å²) in [5.74, 6) is 1.54. The molecular weight excluding hydrogens is 362 g/mol. The predicted octanol–water partition coefficient (Wildman–Crippen LogP) is 5.36. The molecule has 4 aromatic rings. The lowest BCUT2D eigenvalue weighted by molar-refractivity contribution is 0.890. The van der Waals surface area contributed by atoms with Gasteiger partial charge in [0.1, 0.15) is 0 Å².